The molecule has 112 valence electrons. The molecule has 2 heterocycles. The van der Waals surface area contributed by atoms with E-state index in [1.807, 2.05) is 20.9 Å². The fraction of sp³-hybridized carbons (Fsp3) is 0.714. The zero-order valence-electron chi connectivity index (χ0n) is 12.4. The predicted molar refractivity (Wildman–Crippen MR) is 74.3 cm³/mol. The summed E-state index contributed by atoms with van der Waals surface area (Å²) in [7, 11) is 1.86. The number of ether oxygens (including phenoxy) is 2. The van der Waals surface area contributed by atoms with Crippen molar-refractivity contribution < 1.29 is 14.3 Å². The number of esters is 1. The van der Waals surface area contributed by atoms with Gasteiger partial charge >= 0.3 is 5.97 Å². The van der Waals surface area contributed by atoms with Gasteiger partial charge in [0.2, 0.25) is 0 Å². The number of nitrogens with one attached hydrogen (secondary N) is 1. The lowest BCUT2D eigenvalue weighted by Crippen LogP contribution is -2.35. The summed E-state index contributed by atoms with van der Waals surface area (Å²) in [6, 6.07) is -0.479. The first-order valence-corrected chi connectivity index (χ1v) is 7.13. The van der Waals surface area contributed by atoms with E-state index in [0.717, 1.165) is 30.7 Å². The molecule has 0 radical (unpaired) electrons. The zero-order chi connectivity index (χ0) is 14.5. The summed E-state index contributed by atoms with van der Waals surface area (Å²) in [6.45, 7) is 5.59. The number of carbonyl (C=O) groups is 1. The van der Waals surface area contributed by atoms with Gasteiger partial charge in [-0.3, -0.25) is 10.00 Å². The Hall–Kier alpha value is -1.40. The molecule has 2 rings (SSSR count). The normalized spacial score (nSPS) is 20.1. The Morgan fingerprint density at radius 3 is 3.05 bits per heavy atom. The molecule has 6 heteroatoms. The lowest BCUT2D eigenvalue weighted by Gasteiger charge is -2.19. The molecule has 1 aromatic heterocycles. The number of hydrogen-bond acceptors (Lipinski definition) is 5. The summed E-state index contributed by atoms with van der Waals surface area (Å²) in [6.07, 6.45) is 4.03. The second-order valence-electron chi connectivity index (χ2n) is 5.04. The molecule has 0 bridgehead atoms. The van der Waals surface area contributed by atoms with E-state index in [-0.39, 0.29) is 12.1 Å². The standard InChI is InChI=1S/C14H23N3O3/c1-4-19-14(18)13(12-9-16-17(3)10(12)2)15-8-11-6-5-7-20-11/h9,11,13,15H,4-8H2,1-3H3. The van der Waals surface area contributed by atoms with Crippen LogP contribution >= 0.6 is 0 Å². The maximum Gasteiger partial charge on any atom is 0.327 e. The molecule has 1 aliphatic heterocycles. The topological polar surface area (TPSA) is 65.4 Å². The summed E-state index contributed by atoms with van der Waals surface area (Å²) in [5, 5.41) is 7.46. The van der Waals surface area contributed by atoms with Crippen LogP contribution in [0.4, 0.5) is 0 Å². The lowest BCUT2D eigenvalue weighted by molar-refractivity contribution is -0.146. The van der Waals surface area contributed by atoms with Crippen LogP contribution in [-0.2, 0) is 21.3 Å². The van der Waals surface area contributed by atoms with Crippen LogP contribution < -0.4 is 5.32 Å². The highest BCUT2D eigenvalue weighted by molar-refractivity contribution is 5.77. The quantitative estimate of drug-likeness (QED) is 0.791. The Morgan fingerprint density at radius 2 is 2.50 bits per heavy atom. The van der Waals surface area contributed by atoms with Gasteiger partial charge in [0, 0.05) is 31.5 Å². The molecule has 1 aliphatic rings. The van der Waals surface area contributed by atoms with Crippen molar-refractivity contribution in [2.24, 2.45) is 7.05 Å². The summed E-state index contributed by atoms with van der Waals surface area (Å²) < 4.78 is 12.5. The number of aryl methyl sites for hydroxylation is 1. The van der Waals surface area contributed by atoms with Gasteiger partial charge in [-0.15, -0.1) is 0 Å². The van der Waals surface area contributed by atoms with Crippen molar-refractivity contribution in [3.63, 3.8) is 0 Å². The molecule has 1 N–H and O–H groups in total. The van der Waals surface area contributed by atoms with Gasteiger partial charge in [-0.1, -0.05) is 0 Å². The number of rotatable bonds is 6. The van der Waals surface area contributed by atoms with Crippen LogP contribution in [0.25, 0.3) is 0 Å². The molecule has 6 nitrogen and oxygen atoms in total. The second kappa shape index (κ2) is 6.85. The Kier molecular flexibility index (Phi) is 5.14. The maximum absolute atomic E-state index is 12.1. The van der Waals surface area contributed by atoms with E-state index < -0.39 is 6.04 Å². The van der Waals surface area contributed by atoms with Crippen molar-refractivity contribution in [2.45, 2.75) is 38.8 Å². The minimum atomic E-state index is -0.479. The van der Waals surface area contributed by atoms with Gasteiger partial charge in [0.25, 0.3) is 0 Å². The van der Waals surface area contributed by atoms with E-state index in [9.17, 15) is 4.79 Å². The Balaban J connectivity index is 2.07. The van der Waals surface area contributed by atoms with Gasteiger partial charge in [0.05, 0.1) is 18.9 Å². The average Bonchev–Trinajstić information content (AvgIpc) is 3.04. The van der Waals surface area contributed by atoms with Gasteiger partial charge in [0.15, 0.2) is 0 Å². The van der Waals surface area contributed by atoms with Crippen LogP contribution in [0.1, 0.15) is 37.1 Å². The smallest absolute Gasteiger partial charge is 0.327 e. The molecule has 1 aromatic rings. The summed E-state index contributed by atoms with van der Waals surface area (Å²) >= 11 is 0. The first-order valence-electron chi connectivity index (χ1n) is 7.13. The van der Waals surface area contributed by atoms with Crippen LogP contribution in [-0.4, -0.2) is 41.6 Å². The number of hydrogen-bond donors (Lipinski definition) is 1. The fourth-order valence-electron chi connectivity index (χ4n) is 2.40. The van der Waals surface area contributed by atoms with E-state index in [1.54, 1.807) is 10.9 Å². The summed E-state index contributed by atoms with van der Waals surface area (Å²) in [5.41, 5.74) is 1.83. The van der Waals surface area contributed by atoms with Crippen molar-refractivity contribution in [2.75, 3.05) is 19.8 Å². The number of carbonyl (C=O) groups excluding carboxylic acids is 1. The van der Waals surface area contributed by atoms with Gasteiger partial charge in [-0.2, -0.15) is 5.10 Å². The first kappa shape index (κ1) is 15.0. The molecule has 2 atom stereocenters. The van der Waals surface area contributed by atoms with E-state index in [2.05, 4.69) is 10.4 Å². The molecule has 1 fully saturated rings. The van der Waals surface area contributed by atoms with Crippen molar-refractivity contribution in [3.8, 4) is 0 Å². The van der Waals surface area contributed by atoms with Crippen LogP contribution in [0.5, 0.6) is 0 Å². The second-order valence-corrected chi connectivity index (χ2v) is 5.04. The van der Waals surface area contributed by atoms with Gasteiger partial charge < -0.3 is 9.47 Å². The first-order chi connectivity index (χ1) is 9.63. The molecule has 0 aliphatic carbocycles. The fourth-order valence-corrected chi connectivity index (χ4v) is 2.40. The van der Waals surface area contributed by atoms with Crippen LogP contribution in [0.3, 0.4) is 0 Å². The summed E-state index contributed by atoms with van der Waals surface area (Å²) in [5.74, 6) is -0.262. The number of nitrogens with zero attached hydrogens (tertiary/aromatic N) is 2. The largest absolute Gasteiger partial charge is 0.465 e. The molecule has 0 spiro atoms. The zero-order valence-corrected chi connectivity index (χ0v) is 12.4. The molecule has 0 amide bonds. The highest BCUT2D eigenvalue weighted by Crippen LogP contribution is 2.19. The lowest BCUT2D eigenvalue weighted by atomic mass is 10.1. The molecule has 0 aromatic carbocycles. The van der Waals surface area contributed by atoms with Crippen LogP contribution in [0.15, 0.2) is 6.20 Å². The molecule has 1 saturated heterocycles. The van der Waals surface area contributed by atoms with Crippen molar-refractivity contribution in [1.82, 2.24) is 15.1 Å². The van der Waals surface area contributed by atoms with Gasteiger partial charge in [0.1, 0.15) is 6.04 Å². The van der Waals surface area contributed by atoms with Gasteiger partial charge in [-0.25, -0.2) is 4.79 Å². The third-order valence-electron chi connectivity index (χ3n) is 3.68. The van der Waals surface area contributed by atoms with E-state index in [4.69, 9.17) is 9.47 Å². The molecule has 2 unspecified atom stereocenters. The Morgan fingerprint density at radius 1 is 1.70 bits per heavy atom. The third-order valence-corrected chi connectivity index (χ3v) is 3.68. The molecule has 20 heavy (non-hydrogen) atoms. The Labute approximate surface area is 119 Å². The van der Waals surface area contributed by atoms with Crippen molar-refractivity contribution in [3.05, 3.63) is 17.5 Å². The highest BCUT2D eigenvalue weighted by atomic mass is 16.5. The van der Waals surface area contributed by atoms with Crippen LogP contribution in [0.2, 0.25) is 0 Å². The van der Waals surface area contributed by atoms with Gasteiger partial charge in [-0.05, 0) is 26.7 Å². The Bertz CT molecular complexity index is 453. The SMILES string of the molecule is CCOC(=O)C(NCC1CCCO1)c1cnn(C)c1C. The van der Waals surface area contributed by atoms with Crippen molar-refractivity contribution in [1.29, 1.82) is 0 Å². The molecular formula is C14H23N3O3. The third kappa shape index (κ3) is 3.37. The van der Waals surface area contributed by atoms with E-state index in [0.29, 0.717) is 13.2 Å². The minimum absolute atomic E-state index is 0.184. The minimum Gasteiger partial charge on any atom is -0.465 e. The number of aromatic nitrogens is 2. The molecule has 0 saturated carbocycles. The predicted octanol–water partition coefficient (Wildman–Crippen LogP) is 1.10. The monoisotopic (exact) mass is 281 g/mol. The average molecular weight is 281 g/mol. The van der Waals surface area contributed by atoms with Crippen molar-refractivity contribution >= 4 is 5.97 Å². The highest BCUT2D eigenvalue weighted by Gasteiger charge is 2.27. The summed E-state index contributed by atoms with van der Waals surface area (Å²) in [4.78, 5) is 12.1. The molecular weight excluding hydrogens is 258 g/mol. The van der Waals surface area contributed by atoms with Crippen LogP contribution in [0, 0.1) is 6.92 Å². The van der Waals surface area contributed by atoms with E-state index in [1.165, 1.54) is 0 Å². The maximum atomic E-state index is 12.1. The van der Waals surface area contributed by atoms with E-state index >= 15 is 0 Å².